The predicted octanol–water partition coefficient (Wildman–Crippen LogP) is 12.0. The second-order valence-electron chi connectivity index (χ2n) is 10.6. The van der Waals surface area contributed by atoms with Gasteiger partial charge in [-0.05, 0) is 27.7 Å². The van der Waals surface area contributed by atoms with E-state index >= 15 is 0 Å². The summed E-state index contributed by atoms with van der Waals surface area (Å²) in [5.41, 5.74) is 2.92. The van der Waals surface area contributed by atoms with Gasteiger partial charge < -0.3 is 76.7 Å². The van der Waals surface area contributed by atoms with Gasteiger partial charge in [0.2, 0.25) is 5.91 Å². The number of aliphatic hydroxyl groups excluding tert-OH is 2. The molecule has 2 fully saturated rings. The minimum Gasteiger partial charge on any atom is -0.394 e. The van der Waals surface area contributed by atoms with E-state index in [4.69, 9.17) is 52.8 Å². The van der Waals surface area contributed by atoms with Crippen LogP contribution in [-0.2, 0) is 75.0 Å². The molecule has 0 aromatic heterocycles. The summed E-state index contributed by atoms with van der Waals surface area (Å²) in [4.78, 5) is 19.8. The zero-order valence-electron chi connectivity index (χ0n) is 39.4. The number of nitrogens with zero attached hydrogens (tertiary/aromatic N) is 2. The molecule has 0 aliphatic heterocycles. The molecule has 0 aromatic carbocycles. The third-order valence-corrected chi connectivity index (χ3v) is 4.32. The standard InChI is InChI=1S/C6H10N2O2.2C5H10.C4H8N2O.2C4H4.C3H6O.2C3H8.4C2H6.2Y/c1-5(10)8-6(2,3-7)4-9;2*1-2-4-5-3-1;1-4(6,2-5)3-7;2*1-3-4-2;1-3(2)4;2*1-3-2;4*1-2;;/h9H,4H2,1-2H3,(H,8,10);2*1-5H2;7H,3,6H2,1H3;2*1-4H;1-2H3;2*3H2,1-2H3;4*1-2H3;;/q;;;;2*-2;;;;;;;;;. The molecule has 5 N–H and O–H groups in total. The predicted molar refractivity (Wildman–Crippen MR) is 236 cm³/mol. The number of nitriles is 2. The fourth-order valence-corrected chi connectivity index (χ4v) is 2.29. The number of nitrogens with one attached hydrogen (secondary N) is 1. The number of carbonyl (C=O) groups is 2. The Hall–Kier alpha value is -0.832. The van der Waals surface area contributed by atoms with E-state index in [1.807, 2.05) is 55.4 Å². The summed E-state index contributed by atoms with van der Waals surface area (Å²) >= 11 is 0. The average Bonchev–Trinajstić information content (AvgIpc) is 3.97. The molecule has 2 aliphatic rings. The van der Waals surface area contributed by atoms with Crippen molar-refractivity contribution in [2.24, 2.45) is 5.73 Å². The first-order valence-electron chi connectivity index (χ1n) is 19.8. The van der Waals surface area contributed by atoms with E-state index in [-0.39, 0.29) is 90.3 Å². The molecule has 8 nitrogen and oxygen atoms in total. The molecule has 55 heavy (non-hydrogen) atoms. The molecule has 326 valence electrons. The molecule has 2 atom stereocenters. The first-order chi connectivity index (χ1) is 25.0. The molecule has 0 spiro atoms. The van der Waals surface area contributed by atoms with Crippen LogP contribution in [0.5, 0.6) is 0 Å². The summed E-state index contributed by atoms with van der Waals surface area (Å²) in [6.07, 6.45) is 22.6. The van der Waals surface area contributed by atoms with Gasteiger partial charge in [0.1, 0.15) is 16.9 Å². The molecule has 2 unspecified atom stereocenters. The van der Waals surface area contributed by atoms with Gasteiger partial charge in [-0.3, -0.25) is 4.79 Å². The van der Waals surface area contributed by atoms with Gasteiger partial charge in [0.15, 0.2) is 0 Å². The van der Waals surface area contributed by atoms with E-state index in [1.165, 1.54) is 136 Å². The largest absolute Gasteiger partial charge is 0.394 e. The Morgan fingerprint density at radius 3 is 0.818 bits per heavy atom. The minimum atomic E-state index is -1.13. The fourth-order valence-electron chi connectivity index (χ4n) is 2.29. The van der Waals surface area contributed by atoms with Crippen LogP contribution in [0.1, 0.15) is 195 Å². The fraction of sp³-hybridized carbons (Fsp3) is 0.733. The van der Waals surface area contributed by atoms with Gasteiger partial charge in [-0.25, -0.2) is 0 Å². The van der Waals surface area contributed by atoms with Crippen molar-refractivity contribution >= 4 is 11.7 Å². The third-order valence-electron chi connectivity index (χ3n) is 4.32. The molecule has 0 aromatic rings. The van der Waals surface area contributed by atoms with E-state index in [2.05, 4.69) is 33.0 Å². The zero-order valence-corrected chi connectivity index (χ0v) is 45.0. The Kier molecular flexibility index (Phi) is 163. The smallest absolute Gasteiger partial charge is 0.218 e. The summed E-state index contributed by atoms with van der Waals surface area (Å²) in [6, 6.07) is 3.50. The van der Waals surface area contributed by atoms with Crippen LogP contribution in [0.3, 0.4) is 0 Å². The van der Waals surface area contributed by atoms with Crippen LogP contribution in [0, 0.1) is 49.0 Å². The Morgan fingerprint density at radius 2 is 0.782 bits per heavy atom. The van der Waals surface area contributed by atoms with Crippen molar-refractivity contribution in [3.63, 3.8) is 0 Å². The van der Waals surface area contributed by atoms with Crippen LogP contribution >= 0.6 is 0 Å². The maximum absolute atomic E-state index is 10.4. The maximum Gasteiger partial charge on any atom is 0.218 e. The monoisotopic (exact) mass is 931 g/mol. The van der Waals surface area contributed by atoms with Crippen LogP contribution in [0.4, 0.5) is 0 Å². The van der Waals surface area contributed by atoms with E-state index in [0.29, 0.717) is 0 Å². The van der Waals surface area contributed by atoms with Crippen molar-refractivity contribution in [2.75, 3.05) is 13.2 Å². The zero-order chi connectivity index (χ0) is 45.0. The Labute approximate surface area is 396 Å². The topological polar surface area (TPSA) is 160 Å². The minimum absolute atomic E-state index is 0. The van der Waals surface area contributed by atoms with Crippen LogP contribution < -0.4 is 11.1 Å². The molecule has 2 saturated carbocycles. The van der Waals surface area contributed by atoms with Gasteiger partial charge in [0.05, 0.1) is 25.4 Å². The molecule has 0 heterocycles. The molecule has 0 saturated heterocycles. The van der Waals surface area contributed by atoms with Gasteiger partial charge in [-0.2, -0.15) is 10.5 Å². The summed E-state index contributed by atoms with van der Waals surface area (Å²) in [7, 11) is 0. The normalized spacial score (nSPS) is 11.6. The summed E-state index contributed by atoms with van der Waals surface area (Å²) in [5, 5.41) is 35.6. The van der Waals surface area contributed by atoms with Gasteiger partial charge in [0, 0.05) is 72.3 Å². The number of allylic oxidation sites excluding steroid dienone is 4. The van der Waals surface area contributed by atoms with Crippen LogP contribution in [-0.4, -0.2) is 46.2 Å². The SMILES string of the molecule is C1CCCC1.C1CCCC1.CC.CC.CC.CC.CC(=O)NC(C)(C#N)CO.CC(C)=O.CC(N)(C#N)CO.CCC.CCC.[CH-]=CC=[CH-].[CH-]=CC=[CH-].[Y].[Y]. The number of nitrogens with two attached hydrogens (primary N) is 1. The van der Waals surface area contributed by atoms with Crippen molar-refractivity contribution in [3.8, 4) is 12.1 Å². The van der Waals surface area contributed by atoms with Crippen LogP contribution in [0.2, 0.25) is 0 Å². The average molecular weight is 931 g/mol. The van der Waals surface area contributed by atoms with Gasteiger partial charge in [0.25, 0.3) is 0 Å². The van der Waals surface area contributed by atoms with Gasteiger partial charge >= 0.3 is 0 Å². The quantitative estimate of drug-likeness (QED) is 0.158. The second kappa shape index (κ2) is 99.3. The Morgan fingerprint density at radius 1 is 0.600 bits per heavy atom. The summed E-state index contributed by atoms with van der Waals surface area (Å²) in [6.45, 7) is 50.0. The molecule has 10 heteroatoms. The third kappa shape index (κ3) is 175. The van der Waals surface area contributed by atoms with Crippen molar-refractivity contribution in [1.29, 1.82) is 10.5 Å². The molecular formula is C45H92N4O4Y2-4. The summed E-state index contributed by atoms with van der Waals surface area (Å²) in [5.74, 6) is -0.155. The molecule has 2 radical (unpaired) electrons. The number of aliphatic hydroxyl groups is 2. The Balaban J connectivity index is -0.0000000326. The first kappa shape index (κ1) is 90.3. The van der Waals surface area contributed by atoms with E-state index in [0.717, 1.165) is 0 Å². The molecular weight excluding hydrogens is 838 g/mol. The van der Waals surface area contributed by atoms with Gasteiger partial charge in [-0.15, -0.1) is 0 Å². The van der Waals surface area contributed by atoms with E-state index in [9.17, 15) is 9.59 Å². The van der Waals surface area contributed by atoms with Crippen molar-refractivity contribution < 1.29 is 85.2 Å². The molecule has 1 amide bonds. The Bertz CT molecular complexity index is 704. The van der Waals surface area contributed by atoms with Crippen LogP contribution in [0.15, 0.2) is 24.3 Å². The van der Waals surface area contributed by atoms with Crippen molar-refractivity contribution in [2.45, 2.75) is 206 Å². The number of rotatable bonds is 5. The number of ketones is 1. The number of amides is 1. The van der Waals surface area contributed by atoms with Gasteiger partial charge in [-0.1, -0.05) is 160 Å². The number of Topliss-reactive ketones (excluding diaryl/α,β-unsaturated/α-hetero) is 1. The number of carbonyl (C=O) groups excluding carboxylic acids is 2. The number of hydrogen-bond acceptors (Lipinski definition) is 7. The van der Waals surface area contributed by atoms with Crippen LogP contribution in [0.25, 0.3) is 0 Å². The van der Waals surface area contributed by atoms with E-state index in [1.54, 1.807) is 12.1 Å². The molecule has 2 aliphatic carbocycles. The number of hydrogen-bond donors (Lipinski definition) is 4. The summed E-state index contributed by atoms with van der Waals surface area (Å²) < 4.78 is 0. The van der Waals surface area contributed by atoms with Crippen molar-refractivity contribution in [3.05, 3.63) is 50.6 Å². The first-order valence-corrected chi connectivity index (χ1v) is 19.8. The van der Waals surface area contributed by atoms with Crippen molar-refractivity contribution in [1.82, 2.24) is 5.32 Å². The molecule has 0 bridgehead atoms. The second-order valence-corrected chi connectivity index (χ2v) is 10.6. The maximum atomic E-state index is 10.4. The van der Waals surface area contributed by atoms with E-state index < -0.39 is 11.1 Å². The molecule has 2 rings (SSSR count).